The second-order valence-corrected chi connectivity index (χ2v) is 7.24. The Morgan fingerprint density at radius 2 is 1.68 bits per heavy atom. The Bertz CT molecular complexity index is 838. The number of nitrogens with one attached hydrogen (secondary N) is 1. The number of carbonyl (C=O) groups excluding carboxylic acids is 2. The largest absolute Gasteiger partial charge is 0.352 e. The number of carbonyl (C=O) groups is 2. The van der Waals surface area contributed by atoms with E-state index in [2.05, 4.69) is 5.32 Å². The van der Waals surface area contributed by atoms with Gasteiger partial charge in [0.1, 0.15) is 17.7 Å². The van der Waals surface area contributed by atoms with Crippen molar-refractivity contribution in [1.29, 1.82) is 0 Å². The van der Waals surface area contributed by atoms with Crippen LogP contribution in [0.5, 0.6) is 0 Å². The first-order valence-electron chi connectivity index (χ1n) is 8.96. The van der Waals surface area contributed by atoms with E-state index in [1.165, 1.54) is 29.2 Å². The Balaban J connectivity index is 2.32. The number of hydrogen-bond acceptors (Lipinski definition) is 2. The zero-order valence-electron chi connectivity index (χ0n) is 16.0. The minimum absolute atomic E-state index is 0.0455. The van der Waals surface area contributed by atoms with Gasteiger partial charge in [-0.1, -0.05) is 35.9 Å². The second-order valence-electron chi connectivity index (χ2n) is 6.83. The predicted molar refractivity (Wildman–Crippen MR) is 105 cm³/mol. The number of nitrogens with zero attached hydrogens (tertiary/aromatic N) is 1. The first kappa shape index (κ1) is 21.8. The highest BCUT2D eigenvalue weighted by Crippen LogP contribution is 2.22. The van der Waals surface area contributed by atoms with Crippen LogP contribution in [-0.4, -0.2) is 28.8 Å². The molecule has 1 N–H and O–H groups in total. The lowest BCUT2D eigenvalue weighted by atomic mass is 10.1. The van der Waals surface area contributed by atoms with Gasteiger partial charge in [0.15, 0.2) is 0 Å². The number of rotatable bonds is 7. The lowest BCUT2D eigenvalue weighted by molar-refractivity contribution is -0.140. The maximum atomic E-state index is 14.1. The fourth-order valence-corrected chi connectivity index (χ4v) is 2.98. The topological polar surface area (TPSA) is 49.4 Å². The molecule has 2 rings (SSSR count). The summed E-state index contributed by atoms with van der Waals surface area (Å²) < 4.78 is 28.2. The van der Waals surface area contributed by atoms with Crippen LogP contribution in [0.15, 0.2) is 42.5 Å². The molecule has 2 amide bonds. The fraction of sp³-hybridized carbons (Fsp3) is 0.333. The maximum Gasteiger partial charge on any atom is 0.242 e. The van der Waals surface area contributed by atoms with Crippen LogP contribution in [-0.2, 0) is 22.6 Å². The summed E-state index contributed by atoms with van der Waals surface area (Å²) in [6.45, 7) is 5.03. The summed E-state index contributed by atoms with van der Waals surface area (Å²) in [5.41, 5.74) is 0.309. The van der Waals surface area contributed by atoms with E-state index in [-0.39, 0.29) is 41.1 Å². The van der Waals surface area contributed by atoms with Gasteiger partial charge in [-0.15, -0.1) is 0 Å². The Morgan fingerprint density at radius 3 is 2.29 bits per heavy atom. The average Bonchev–Trinajstić information content (AvgIpc) is 2.63. The summed E-state index contributed by atoms with van der Waals surface area (Å²) in [4.78, 5) is 26.7. The predicted octanol–water partition coefficient (Wildman–Crippen LogP) is 4.10. The fourth-order valence-electron chi connectivity index (χ4n) is 2.75. The lowest BCUT2D eigenvalue weighted by Crippen LogP contribution is -2.49. The van der Waals surface area contributed by atoms with Gasteiger partial charge in [-0.3, -0.25) is 9.59 Å². The monoisotopic (exact) mass is 408 g/mol. The third kappa shape index (κ3) is 5.52. The van der Waals surface area contributed by atoms with Crippen LogP contribution in [0, 0.1) is 11.6 Å². The molecule has 0 fully saturated rings. The molecule has 0 saturated heterocycles. The molecule has 0 bridgehead atoms. The van der Waals surface area contributed by atoms with Crippen LogP contribution in [0.1, 0.15) is 31.9 Å². The van der Waals surface area contributed by atoms with E-state index >= 15 is 0 Å². The molecule has 0 spiro atoms. The summed E-state index contributed by atoms with van der Waals surface area (Å²) in [6, 6.07) is 9.16. The van der Waals surface area contributed by atoms with Gasteiger partial charge >= 0.3 is 0 Å². The van der Waals surface area contributed by atoms with Crippen molar-refractivity contribution in [2.45, 2.75) is 45.8 Å². The van der Waals surface area contributed by atoms with Gasteiger partial charge in [-0.2, -0.15) is 0 Å². The molecule has 0 heterocycles. The average molecular weight is 409 g/mol. The van der Waals surface area contributed by atoms with Crippen LogP contribution in [0.4, 0.5) is 8.78 Å². The normalized spacial score (nSPS) is 12.0. The summed E-state index contributed by atoms with van der Waals surface area (Å²) in [6.07, 6.45) is -0.334. The summed E-state index contributed by atoms with van der Waals surface area (Å²) >= 11 is 6.02. The van der Waals surface area contributed by atoms with Crippen molar-refractivity contribution in [3.8, 4) is 0 Å². The molecule has 2 aromatic carbocycles. The van der Waals surface area contributed by atoms with Crippen LogP contribution in [0.25, 0.3) is 0 Å². The van der Waals surface area contributed by atoms with E-state index in [0.29, 0.717) is 0 Å². The Labute approximate surface area is 168 Å². The van der Waals surface area contributed by atoms with Crippen LogP contribution < -0.4 is 5.32 Å². The van der Waals surface area contributed by atoms with E-state index in [4.69, 9.17) is 11.6 Å². The van der Waals surface area contributed by atoms with Crippen LogP contribution in [0.3, 0.4) is 0 Å². The molecule has 2 aromatic rings. The van der Waals surface area contributed by atoms with Gasteiger partial charge in [-0.25, -0.2) is 8.78 Å². The lowest BCUT2D eigenvalue weighted by Gasteiger charge is -2.29. The van der Waals surface area contributed by atoms with Crippen LogP contribution in [0.2, 0.25) is 5.02 Å². The molecule has 0 saturated carbocycles. The Hall–Kier alpha value is -2.47. The molecule has 28 heavy (non-hydrogen) atoms. The van der Waals surface area contributed by atoms with Gasteiger partial charge < -0.3 is 10.2 Å². The third-order valence-electron chi connectivity index (χ3n) is 4.29. The summed E-state index contributed by atoms with van der Waals surface area (Å²) in [5, 5.41) is 2.86. The number of hydrogen-bond donors (Lipinski definition) is 1. The quantitative estimate of drug-likeness (QED) is 0.749. The SMILES string of the molecule is CC(C)NC(=O)[C@@H](C)N(Cc1ccccc1F)C(=O)Cc1c(F)cccc1Cl. The number of amides is 2. The first-order chi connectivity index (χ1) is 13.2. The minimum atomic E-state index is -0.875. The molecule has 7 heteroatoms. The van der Waals surface area contributed by atoms with Crippen molar-refractivity contribution in [2.24, 2.45) is 0 Å². The van der Waals surface area contributed by atoms with Gasteiger partial charge in [-0.05, 0) is 39.0 Å². The zero-order valence-corrected chi connectivity index (χ0v) is 16.8. The van der Waals surface area contributed by atoms with E-state index < -0.39 is 23.6 Å². The standard InChI is InChI=1S/C21H23ClF2N2O2/c1-13(2)25-21(28)14(3)26(12-15-7-4-5-9-18(15)23)20(27)11-16-17(22)8-6-10-19(16)24/h4-10,13-14H,11-12H2,1-3H3,(H,25,28)/t14-/m1/s1. The highest BCUT2D eigenvalue weighted by molar-refractivity contribution is 6.31. The molecule has 0 aliphatic rings. The van der Waals surface area contributed by atoms with Crippen molar-refractivity contribution < 1.29 is 18.4 Å². The van der Waals surface area contributed by atoms with Gasteiger partial charge in [0, 0.05) is 28.7 Å². The number of halogens is 3. The van der Waals surface area contributed by atoms with E-state index in [1.54, 1.807) is 39.0 Å². The van der Waals surface area contributed by atoms with Crippen molar-refractivity contribution >= 4 is 23.4 Å². The molecule has 4 nitrogen and oxygen atoms in total. The van der Waals surface area contributed by atoms with Crippen molar-refractivity contribution in [2.75, 3.05) is 0 Å². The number of benzene rings is 2. The van der Waals surface area contributed by atoms with Crippen molar-refractivity contribution in [1.82, 2.24) is 10.2 Å². The highest BCUT2D eigenvalue weighted by atomic mass is 35.5. The molecular weight excluding hydrogens is 386 g/mol. The first-order valence-corrected chi connectivity index (χ1v) is 9.34. The third-order valence-corrected chi connectivity index (χ3v) is 4.64. The molecule has 0 aromatic heterocycles. The maximum absolute atomic E-state index is 14.1. The van der Waals surface area contributed by atoms with E-state index in [9.17, 15) is 18.4 Å². The zero-order chi connectivity index (χ0) is 20.8. The molecule has 1 atom stereocenters. The molecule has 0 aliphatic carbocycles. The van der Waals surface area contributed by atoms with E-state index in [0.717, 1.165) is 0 Å². The Morgan fingerprint density at radius 1 is 1.04 bits per heavy atom. The van der Waals surface area contributed by atoms with Crippen molar-refractivity contribution in [3.63, 3.8) is 0 Å². The van der Waals surface area contributed by atoms with Gasteiger partial charge in [0.25, 0.3) is 0 Å². The Kier molecular flexibility index (Phi) is 7.52. The molecule has 150 valence electrons. The van der Waals surface area contributed by atoms with Gasteiger partial charge in [0.05, 0.1) is 6.42 Å². The van der Waals surface area contributed by atoms with Crippen LogP contribution >= 0.6 is 11.6 Å². The second kappa shape index (κ2) is 9.64. The summed E-state index contributed by atoms with van der Waals surface area (Å²) in [5.74, 6) is -1.99. The molecule has 0 radical (unpaired) electrons. The highest BCUT2D eigenvalue weighted by Gasteiger charge is 2.28. The minimum Gasteiger partial charge on any atom is -0.352 e. The molecule has 0 unspecified atom stereocenters. The van der Waals surface area contributed by atoms with Gasteiger partial charge in [0.2, 0.25) is 11.8 Å². The molecular formula is C21H23ClF2N2O2. The molecule has 0 aliphatic heterocycles. The van der Waals surface area contributed by atoms with Crippen molar-refractivity contribution in [3.05, 3.63) is 70.2 Å². The smallest absolute Gasteiger partial charge is 0.242 e. The summed E-state index contributed by atoms with van der Waals surface area (Å²) in [7, 11) is 0. The van der Waals surface area contributed by atoms with E-state index in [1.807, 2.05) is 0 Å².